The Labute approximate surface area is 160 Å². The molecule has 3 aromatic rings. The van der Waals surface area contributed by atoms with Crippen LogP contribution in [-0.2, 0) is 0 Å². The molecule has 138 valence electrons. The van der Waals surface area contributed by atoms with E-state index in [2.05, 4.69) is 66.1 Å². The van der Waals surface area contributed by atoms with Crippen molar-refractivity contribution in [1.82, 2.24) is 9.88 Å². The molecule has 0 aliphatic heterocycles. The second kappa shape index (κ2) is 8.52. The predicted molar refractivity (Wildman–Crippen MR) is 112 cm³/mol. The lowest BCUT2D eigenvalue weighted by molar-refractivity contribution is 0.393. The zero-order valence-electron chi connectivity index (χ0n) is 16.0. The summed E-state index contributed by atoms with van der Waals surface area (Å²) in [7, 11) is 5.99. The molecular weight excluding hydrogens is 342 g/mol. The first-order valence-corrected chi connectivity index (χ1v) is 9.85. The van der Waals surface area contributed by atoms with Gasteiger partial charge in [0, 0.05) is 17.8 Å². The van der Waals surface area contributed by atoms with Gasteiger partial charge in [0.15, 0.2) is 0 Å². The molecule has 0 aliphatic carbocycles. The number of fused-ring (bicyclic) bond motifs is 1. The Kier molecular flexibility index (Phi) is 6.12. The van der Waals surface area contributed by atoms with Crippen molar-refractivity contribution in [2.45, 2.75) is 19.4 Å². The van der Waals surface area contributed by atoms with Crippen molar-refractivity contribution in [3.63, 3.8) is 0 Å². The van der Waals surface area contributed by atoms with Crippen LogP contribution >= 0.6 is 11.3 Å². The highest BCUT2D eigenvalue weighted by molar-refractivity contribution is 7.16. The topological polar surface area (TPSA) is 28.6 Å². The molecule has 5 heteroatoms. The van der Waals surface area contributed by atoms with Crippen molar-refractivity contribution >= 4 is 27.2 Å². The maximum Gasteiger partial charge on any atom is 0.124 e. The summed E-state index contributed by atoms with van der Waals surface area (Å²) in [5.74, 6) is 0.941. The molecule has 0 aliphatic rings. The average Bonchev–Trinajstić information content (AvgIpc) is 3.12. The fraction of sp³-hybridized carbons (Fsp3) is 0.381. The lowest BCUT2D eigenvalue weighted by atomic mass is 10.0. The molecule has 0 saturated carbocycles. The quantitative estimate of drug-likeness (QED) is 0.569. The second-order valence-electron chi connectivity index (χ2n) is 6.77. The Morgan fingerprint density at radius 1 is 1.12 bits per heavy atom. The minimum atomic E-state index is 0.221. The van der Waals surface area contributed by atoms with Gasteiger partial charge in [-0.05, 0) is 58.3 Å². The number of para-hydroxylation sites is 1. The summed E-state index contributed by atoms with van der Waals surface area (Å²) < 4.78 is 6.84. The zero-order chi connectivity index (χ0) is 18.5. The van der Waals surface area contributed by atoms with E-state index in [1.807, 2.05) is 17.6 Å². The minimum absolute atomic E-state index is 0.221. The number of hydrogen-bond acceptors (Lipinski definition) is 5. The Bertz CT molecular complexity index is 846. The van der Waals surface area contributed by atoms with Gasteiger partial charge in [-0.3, -0.25) is 0 Å². The van der Waals surface area contributed by atoms with E-state index in [1.165, 1.54) is 16.0 Å². The first-order chi connectivity index (χ1) is 12.6. The van der Waals surface area contributed by atoms with E-state index in [9.17, 15) is 0 Å². The molecule has 0 spiro atoms. The molecule has 0 fully saturated rings. The normalized spacial score (nSPS) is 12.5. The van der Waals surface area contributed by atoms with Gasteiger partial charge in [0.2, 0.25) is 0 Å². The third-order valence-corrected chi connectivity index (χ3v) is 5.50. The SMILES string of the molecule is COc1ccccc1C(C)N(CCCN(C)C)c1ccc2ncsc2c1. The van der Waals surface area contributed by atoms with Crippen molar-refractivity contribution < 1.29 is 4.74 Å². The molecule has 0 bridgehead atoms. The van der Waals surface area contributed by atoms with Crippen LogP contribution < -0.4 is 9.64 Å². The van der Waals surface area contributed by atoms with Crippen LogP contribution in [0.3, 0.4) is 0 Å². The van der Waals surface area contributed by atoms with Crippen molar-refractivity contribution in [2.24, 2.45) is 0 Å². The molecule has 3 rings (SSSR count). The van der Waals surface area contributed by atoms with Gasteiger partial charge in [-0.15, -0.1) is 11.3 Å². The number of rotatable bonds is 8. The molecule has 1 unspecified atom stereocenters. The Balaban J connectivity index is 1.93. The van der Waals surface area contributed by atoms with Gasteiger partial charge < -0.3 is 14.5 Å². The number of hydrogen-bond donors (Lipinski definition) is 0. The number of methoxy groups -OCH3 is 1. The molecule has 26 heavy (non-hydrogen) atoms. The summed E-state index contributed by atoms with van der Waals surface area (Å²) in [4.78, 5) is 9.12. The summed E-state index contributed by atoms with van der Waals surface area (Å²) in [5, 5.41) is 0. The molecule has 0 radical (unpaired) electrons. The molecule has 1 aromatic heterocycles. The predicted octanol–water partition coefficient (Wildman–Crippen LogP) is 4.82. The van der Waals surface area contributed by atoms with E-state index < -0.39 is 0 Å². The summed E-state index contributed by atoms with van der Waals surface area (Å²) in [6, 6.07) is 15.1. The molecule has 0 N–H and O–H groups in total. The highest BCUT2D eigenvalue weighted by Gasteiger charge is 2.20. The van der Waals surface area contributed by atoms with Gasteiger partial charge in [0.05, 0.1) is 28.9 Å². The first kappa shape index (κ1) is 18.7. The van der Waals surface area contributed by atoms with Gasteiger partial charge in [0.25, 0.3) is 0 Å². The van der Waals surface area contributed by atoms with Crippen LogP contribution in [-0.4, -0.2) is 44.2 Å². The van der Waals surface area contributed by atoms with Crippen LogP contribution in [0, 0.1) is 0 Å². The van der Waals surface area contributed by atoms with Gasteiger partial charge in [-0.25, -0.2) is 4.98 Å². The summed E-state index contributed by atoms with van der Waals surface area (Å²) in [6.45, 7) is 4.31. The summed E-state index contributed by atoms with van der Waals surface area (Å²) in [5.41, 5.74) is 5.43. The van der Waals surface area contributed by atoms with E-state index in [0.29, 0.717) is 0 Å². The lowest BCUT2D eigenvalue weighted by Gasteiger charge is -2.33. The van der Waals surface area contributed by atoms with Gasteiger partial charge >= 0.3 is 0 Å². The standard InChI is InChI=1S/C21H27N3OS/c1-16(18-8-5-6-9-20(18)25-4)24(13-7-12-23(2)3)17-10-11-19-21(14-17)26-15-22-19/h5-6,8-11,14-16H,7,12-13H2,1-4H3. The Morgan fingerprint density at radius 2 is 1.92 bits per heavy atom. The van der Waals surface area contributed by atoms with Crippen LogP contribution in [0.25, 0.3) is 10.2 Å². The van der Waals surface area contributed by atoms with Gasteiger partial charge in [-0.1, -0.05) is 18.2 Å². The number of benzene rings is 2. The van der Waals surface area contributed by atoms with E-state index in [4.69, 9.17) is 4.74 Å². The second-order valence-corrected chi connectivity index (χ2v) is 7.66. The third-order valence-electron chi connectivity index (χ3n) is 4.71. The van der Waals surface area contributed by atoms with Crippen LogP contribution in [0.1, 0.15) is 24.9 Å². The number of aromatic nitrogens is 1. The lowest BCUT2D eigenvalue weighted by Crippen LogP contribution is -2.30. The largest absolute Gasteiger partial charge is 0.496 e. The number of ether oxygens (including phenoxy) is 1. The van der Waals surface area contributed by atoms with E-state index in [1.54, 1.807) is 18.4 Å². The molecule has 0 saturated heterocycles. The molecule has 0 amide bonds. The number of nitrogens with zero attached hydrogens (tertiary/aromatic N) is 3. The van der Waals surface area contributed by atoms with Crippen LogP contribution in [0.15, 0.2) is 48.0 Å². The van der Waals surface area contributed by atoms with Crippen LogP contribution in [0.2, 0.25) is 0 Å². The highest BCUT2D eigenvalue weighted by atomic mass is 32.1. The maximum atomic E-state index is 5.61. The zero-order valence-corrected chi connectivity index (χ0v) is 16.8. The smallest absolute Gasteiger partial charge is 0.124 e. The molecule has 1 atom stereocenters. The fourth-order valence-corrected chi connectivity index (χ4v) is 4.02. The molecule has 1 heterocycles. The minimum Gasteiger partial charge on any atom is -0.496 e. The molecule has 2 aromatic carbocycles. The average molecular weight is 370 g/mol. The monoisotopic (exact) mass is 369 g/mol. The Hall–Kier alpha value is -2.11. The number of anilines is 1. The van der Waals surface area contributed by atoms with E-state index >= 15 is 0 Å². The van der Waals surface area contributed by atoms with Crippen molar-refractivity contribution in [2.75, 3.05) is 39.2 Å². The molecule has 4 nitrogen and oxygen atoms in total. The van der Waals surface area contributed by atoms with Crippen LogP contribution in [0.5, 0.6) is 5.75 Å². The van der Waals surface area contributed by atoms with Crippen molar-refractivity contribution in [3.05, 3.63) is 53.5 Å². The van der Waals surface area contributed by atoms with Gasteiger partial charge in [0.1, 0.15) is 5.75 Å². The fourth-order valence-electron chi connectivity index (χ4n) is 3.31. The summed E-state index contributed by atoms with van der Waals surface area (Å²) in [6.07, 6.45) is 1.10. The molecular formula is C21H27N3OS. The van der Waals surface area contributed by atoms with Crippen LogP contribution in [0.4, 0.5) is 5.69 Å². The first-order valence-electron chi connectivity index (χ1n) is 8.97. The highest BCUT2D eigenvalue weighted by Crippen LogP contribution is 2.34. The Morgan fingerprint density at radius 3 is 2.69 bits per heavy atom. The van der Waals surface area contributed by atoms with Crippen molar-refractivity contribution in [3.8, 4) is 5.75 Å². The van der Waals surface area contributed by atoms with Crippen molar-refractivity contribution in [1.29, 1.82) is 0 Å². The third kappa shape index (κ3) is 4.17. The number of thiazole rings is 1. The van der Waals surface area contributed by atoms with Gasteiger partial charge in [-0.2, -0.15) is 0 Å². The van der Waals surface area contributed by atoms with E-state index in [0.717, 1.165) is 30.8 Å². The maximum absolute atomic E-state index is 5.61. The summed E-state index contributed by atoms with van der Waals surface area (Å²) >= 11 is 1.69. The van der Waals surface area contributed by atoms with E-state index in [-0.39, 0.29) is 6.04 Å².